The van der Waals surface area contributed by atoms with Gasteiger partial charge in [-0.05, 0) is 31.9 Å². The van der Waals surface area contributed by atoms with Gasteiger partial charge in [0.2, 0.25) is 0 Å². The fraction of sp³-hybridized carbons (Fsp3) is 0.429. The summed E-state index contributed by atoms with van der Waals surface area (Å²) in [6, 6.07) is 3.65. The molecular weight excluding hydrogens is 276 g/mol. The second-order valence-corrected chi connectivity index (χ2v) is 5.95. The molecule has 0 aliphatic carbocycles. The minimum Gasteiger partial charge on any atom is -0.462 e. The lowest BCUT2D eigenvalue weighted by Gasteiger charge is -2.09. The van der Waals surface area contributed by atoms with Crippen LogP contribution in [0.1, 0.15) is 28.2 Å². The minimum atomic E-state index is -0.146. The first kappa shape index (κ1) is 13.3. The van der Waals surface area contributed by atoms with Crippen molar-refractivity contribution in [3.63, 3.8) is 0 Å². The van der Waals surface area contributed by atoms with Crippen molar-refractivity contribution in [2.75, 3.05) is 13.2 Å². The first-order valence-corrected chi connectivity index (χ1v) is 7.47. The highest BCUT2D eigenvalue weighted by atomic mass is 32.1. The predicted molar refractivity (Wildman–Crippen MR) is 75.9 cm³/mol. The molecule has 106 valence electrons. The van der Waals surface area contributed by atoms with Gasteiger partial charge in [-0.25, -0.2) is 4.98 Å². The highest BCUT2D eigenvalue weighted by Gasteiger charge is 2.20. The molecule has 3 heterocycles. The number of carbonyl (C=O) groups is 1. The Kier molecular flexibility index (Phi) is 3.84. The van der Waals surface area contributed by atoms with E-state index in [-0.39, 0.29) is 12.0 Å². The van der Waals surface area contributed by atoms with Gasteiger partial charge in [-0.3, -0.25) is 4.79 Å². The second-order valence-electron chi connectivity index (χ2n) is 4.75. The van der Waals surface area contributed by atoms with E-state index in [1.165, 1.54) is 11.3 Å². The van der Waals surface area contributed by atoms with Gasteiger partial charge in [0.1, 0.15) is 5.69 Å². The summed E-state index contributed by atoms with van der Waals surface area (Å²) in [6.07, 6.45) is 3.82. The monoisotopic (exact) mass is 292 g/mol. The molecule has 0 aromatic carbocycles. The van der Waals surface area contributed by atoms with Crippen molar-refractivity contribution in [1.82, 2.24) is 10.3 Å². The molecular formula is C14H16N2O3S. The zero-order valence-electron chi connectivity index (χ0n) is 11.2. The Balaban J connectivity index is 1.68. The Hall–Kier alpha value is -1.66. The lowest BCUT2D eigenvalue weighted by atomic mass is 10.2. The molecule has 0 radical (unpaired) electrons. The predicted octanol–water partition coefficient (Wildman–Crippen LogP) is 2.62. The van der Waals surface area contributed by atoms with Gasteiger partial charge >= 0.3 is 0 Å². The van der Waals surface area contributed by atoms with Gasteiger partial charge in [-0.2, -0.15) is 0 Å². The molecule has 1 N–H and O–H groups in total. The summed E-state index contributed by atoms with van der Waals surface area (Å²) in [4.78, 5) is 17.4. The molecule has 1 aliphatic heterocycles. The van der Waals surface area contributed by atoms with E-state index < -0.39 is 0 Å². The number of aromatic nitrogens is 1. The van der Waals surface area contributed by atoms with Crippen molar-refractivity contribution < 1.29 is 13.9 Å². The fourth-order valence-corrected chi connectivity index (χ4v) is 3.09. The molecule has 1 unspecified atom stereocenters. The average molecular weight is 292 g/mol. The molecule has 1 amide bonds. The zero-order chi connectivity index (χ0) is 13.9. The summed E-state index contributed by atoms with van der Waals surface area (Å²) in [7, 11) is 0. The van der Waals surface area contributed by atoms with Crippen LogP contribution in [0.5, 0.6) is 0 Å². The van der Waals surface area contributed by atoms with E-state index in [4.69, 9.17) is 9.15 Å². The molecule has 5 nitrogen and oxygen atoms in total. The average Bonchev–Trinajstić information content (AvgIpc) is 3.17. The van der Waals surface area contributed by atoms with Gasteiger partial charge in [0, 0.05) is 18.0 Å². The number of ether oxygens (including phenoxy) is 1. The SMILES string of the molecule is Cc1sc(-c2ccco2)nc1C(=O)NCC1CCCO1. The van der Waals surface area contributed by atoms with Gasteiger partial charge < -0.3 is 14.5 Å². The fourth-order valence-electron chi connectivity index (χ4n) is 2.21. The third-order valence-corrected chi connectivity index (χ3v) is 4.24. The summed E-state index contributed by atoms with van der Waals surface area (Å²) in [5.74, 6) is 0.545. The topological polar surface area (TPSA) is 64.4 Å². The van der Waals surface area contributed by atoms with Crippen molar-refractivity contribution in [2.24, 2.45) is 0 Å². The molecule has 6 heteroatoms. The van der Waals surface area contributed by atoms with Crippen molar-refractivity contribution >= 4 is 17.2 Å². The Labute approximate surface area is 121 Å². The molecule has 2 aromatic heterocycles. The van der Waals surface area contributed by atoms with Crippen molar-refractivity contribution in [3.8, 4) is 10.8 Å². The first-order valence-electron chi connectivity index (χ1n) is 6.65. The van der Waals surface area contributed by atoms with Crippen LogP contribution in [0, 0.1) is 6.92 Å². The summed E-state index contributed by atoms with van der Waals surface area (Å²) >= 11 is 1.46. The van der Waals surface area contributed by atoms with Crippen LogP contribution in [0.2, 0.25) is 0 Å². The largest absolute Gasteiger partial charge is 0.462 e. The highest BCUT2D eigenvalue weighted by Crippen LogP contribution is 2.27. The zero-order valence-corrected chi connectivity index (χ0v) is 12.0. The van der Waals surface area contributed by atoms with Crippen LogP contribution in [0.25, 0.3) is 10.8 Å². The molecule has 1 atom stereocenters. The third kappa shape index (κ3) is 2.76. The lowest BCUT2D eigenvalue weighted by Crippen LogP contribution is -2.32. The van der Waals surface area contributed by atoms with Crippen molar-refractivity contribution in [3.05, 3.63) is 29.0 Å². The number of thiazole rings is 1. The Morgan fingerprint density at radius 3 is 3.20 bits per heavy atom. The number of hydrogen-bond donors (Lipinski definition) is 1. The smallest absolute Gasteiger partial charge is 0.271 e. The van der Waals surface area contributed by atoms with Crippen LogP contribution in [0.4, 0.5) is 0 Å². The van der Waals surface area contributed by atoms with Crippen LogP contribution in [0.15, 0.2) is 22.8 Å². The molecule has 0 bridgehead atoms. The molecule has 3 rings (SSSR count). The quantitative estimate of drug-likeness (QED) is 0.941. The van der Waals surface area contributed by atoms with Gasteiger partial charge in [0.05, 0.1) is 12.4 Å². The maximum atomic E-state index is 12.2. The number of nitrogens with zero attached hydrogens (tertiary/aromatic N) is 1. The highest BCUT2D eigenvalue weighted by molar-refractivity contribution is 7.15. The van der Waals surface area contributed by atoms with Crippen LogP contribution in [0.3, 0.4) is 0 Å². The van der Waals surface area contributed by atoms with E-state index in [1.54, 1.807) is 6.26 Å². The molecule has 1 fully saturated rings. The second kappa shape index (κ2) is 5.76. The lowest BCUT2D eigenvalue weighted by molar-refractivity contribution is 0.0854. The number of hydrogen-bond acceptors (Lipinski definition) is 5. The van der Waals surface area contributed by atoms with E-state index in [1.807, 2.05) is 19.1 Å². The number of furan rings is 1. The van der Waals surface area contributed by atoms with E-state index in [9.17, 15) is 4.79 Å². The molecule has 1 aliphatic rings. The van der Waals surface area contributed by atoms with Crippen LogP contribution < -0.4 is 5.32 Å². The van der Waals surface area contributed by atoms with E-state index in [2.05, 4.69) is 10.3 Å². The standard InChI is InChI=1S/C14H16N2O3S/c1-9-12(13(17)15-8-10-4-2-6-18-10)16-14(20-9)11-5-3-7-19-11/h3,5,7,10H,2,4,6,8H2,1H3,(H,15,17). The van der Waals surface area contributed by atoms with Gasteiger partial charge in [0.25, 0.3) is 5.91 Å². The summed E-state index contributed by atoms with van der Waals surface area (Å²) in [6.45, 7) is 3.23. The van der Waals surface area contributed by atoms with E-state index in [0.29, 0.717) is 18.0 Å². The molecule has 0 saturated carbocycles. The van der Waals surface area contributed by atoms with Crippen LogP contribution in [-0.4, -0.2) is 30.1 Å². The number of amides is 1. The van der Waals surface area contributed by atoms with E-state index in [0.717, 1.165) is 29.3 Å². The number of aryl methyl sites for hydroxylation is 1. The normalized spacial score (nSPS) is 18.4. The first-order chi connectivity index (χ1) is 9.74. The van der Waals surface area contributed by atoms with Crippen LogP contribution in [-0.2, 0) is 4.74 Å². The third-order valence-electron chi connectivity index (χ3n) is 3.26. The van der Waals surface area contributed by atoms with Gasteiger partial charge in [0.15, 0.2) is 10.8 Å². The molecule has 0 spiro atoms. The van der Waals surface area contributed by atoms with Crippen LogP contribution >= 0.6 is 11.3 Å². The summed E-state index contributed by atoms with van der Waals surface area (Å²) in [5, 5.41) is 3.62. The van der Waals surface area contributed by atoms with Crippen molar-refractivity contribution in [1.29, 1.82) is 0 Å². The van der Waals surface area contributed by atoms with Gasteiger partial charge in [-0.15, -0.1) is 11.3 Å². The maximum absolute atomic E-state index is 12.2. The van der Waals surface area contributed by atoms with E-state index >= 15 is 0 Å². The molecule has 1 saturated heterocycles. The van der Waals surface area contributed by atoms with Crippen molar-refractivity contribution in [2.45, 2.75) is 25.9 Å². The molecule has 20 heavy (non-hydrogen) atoms. The minimum absolute atomic E-state index is 0.141. The summed E-state index contributed by atoms with van der Waals surface area (Å²) in [5.41, 5.74) is 0.472. The Bertz CT molecular complexity index is 586. The number of rotatable bonds is 4. The number of carbonyl (C=O) groups excluding carboxylic acids is 1. The molecule has 2 aromatic rings. The summed E-state index contributed by atoms with van der Waals surface area (Å²) < 4.78 is 10.8. The van der Waals surface area contributed by atoms with Gasteiger partial charge in [-0.1, -0.05) is 0 Å². The Morgan fingerprint density at radius 1 is 1.60 bits per heavy atom. The number of nitrogens with one attached hydrogen (secondary N) is 1. The maximum Gasteiger partial charge on any atom is 0.271 e. The Morgan fingerprint density at radius 2 is 2.50 bits per heavy atom.